The van der Waals surface area contributed by atoms with Gasteiger partial charge in [0, 0.05) is 4.88 Å². The molecular formula is C14H18N3O2S-. The van der Waals surface area contributed by atoms with Crippen molar-refractivity contribution in [2.45, 2.75) is 40.7 Å². The quantitative estimate of drug-likeness (QED) is 0.929. The first-order chi connectivity index (χ1) is 9.31. The van der Waals surface area contributed by atoms with Crippen molar-refractivity contribution in [3.63, 3.8) is 0 Å². The summed E-state index contributed by atoms with van der Waals surface area (Å²) in [6.07, 6.45) is 0. The van der Waals surface area contributed by atoms with Crippen LogP contribution in [0.1, 0.15) is 30.1 Å². The lowest BCUT2D eigenvalue weighted by molar-refractivity contribution is -0.307. The lowest BCUT2D eigenvalue weighted by Crippen LogP contribution is -2.44. The number of thiophene rings is 1. The van der Waals surface area contributed by atoms with E-state index in [-0.39, 0.29) is 5.92 Å². The van der Waals surface area contributed by atoms with Gasteiger partial charge in [-0.3, -0.25) is 0 Å². The molecule has 20 heavy (non-hydrogen) atoms. The number of fused-ring (bicyclic) bond motifs is 1. The highest BCUT2D eigenvalue weighted by Crippen LogP contribution is 2.33. The van der Waals surface area contributed by atoms with Gasteiger partial charge in [0.1, 0.15) is 16.5 Å². The summed E-state index contributed by atoms with van der Waals surface area (Å²) in [7, 11) is 0. The fraction of sp³-hybridized carbons (Fsp3) is 0.500. The number of nitrogens with zero attached hydrogens (tertiary/aromatic N) is 2. The third kappa shape index (κ3) is 2.60. The normalized spacial score (nSPS) is 12.9. The minimum absolute atomic E-state index is 0.0923. The number of carboxylic acids is 1. The lowest BCUT2D eigenvalue weighted by Gasteiger charge is -2.24. The largest absolute Gasteiger partial charge is 0.548 e. The van der Waals surface area contributed by atoms with Crippen molar-refractivity contribution in [1.82, 2.24) is 9.97 Å². The number of aliphatic carboxylic acids is 1. The average Bonchev–Trinajstić information content (AvgIpc) is 2.60. The number of aryl methyl sites for hydroxylation is 3. The molecule has 0 spiro atoms. The summed E-state index contributed by atoms with van der Waals surface area (Å²) in [5, 5.41) is 15.2. The maximum absolute atomic E-state index is 11.2. The van der Waals surface area contributed by atoms with Crippen LogP contribution in [0, 0.1) is 26.7 Å². The van der Waals surface area contributed by atoms with Crippen molar-refractivity contribution >= 4 is 33.3 Å². The highest BCUT2D eigenvalue weighted by Gasteiger charge is 2.19. The van der Waals surface area contributed by atoms with E-state index in [0.717, 1.165) is 20.7 Å². The smallest absolute Gasteiger partial charge is 0.139 e. The highest BCUT2D eigenvalue weighted by atomic mass is 32.1. The van der Waals surface area contributed by atoms with E-state index in [9.17, 15) is 9.90 Å². The van der Waals surface area contributed by atoms with Gasteiger partial charge >= 0.3 is 0 Å². The molecule has 0 unspecified atom stereocenters. The monoisotopic (exact) mass is 292 g/mol. The summed E-state index contributed by atoms with van der Waals surface area (Å²) >= 11 is 1.60. The van der Waals surface area contributed by atoms with Gasteiger partial charge in [-0.25, -0.2) is 9.97 Å². The lowest BCUT2D eigenvalue weighted by atomic mass is 10.0. The first-order valence-electron chi connectivity index (χ1n) is 6.53. The number of carboxylic acid groups (broad SMARTS) is 1. The van der Waals surface area contributed by atoms with E-state index in [1.54, 1.807) is 18.3 Å². The summed E-state index contributed by atoms with van der Waals surface area (Å²) in [5.74, 6) is -0.00117. The van der Waals surface area contributed by atoms with Gasteiger partial charge in [-0.2, -0.15) is 0 Å². The molecule has 2 rings (SSSR count). The molecule has 1 atom stereocenters. The molecule has 0 amide bonds. The van der Waals surface area contributed by atoms with Crippen LogP contribution >= 0.6 is 11.3 Å². The van der Waals surface area contributed by atoms with Gasteiger partial charge < -0.3 is 15.2 Å². The van der Waals surface area contributed by atoms with Gasteiger partial charge in [0.2, 0.25) is 0 Å². The van der Waals surface area contributed by atoms with Crippen LogP contribution in [0.25, 0.3) is 10.2 Å². The number of rotatable bonds is 4. The van der Waals surface area contributed by atoms with Crippen LogP contribution in [0.4, 0.5) is 5.82 Å². The zero-order valence-corrected chi connectivity index (χ0v) is 13.1. The molecule has 0 aliphatic rings. The number of aromatic nitrogens is 2. The standard InChI is InChI=1S/C14H19N3O2S/c1-6(2)11(14(18)19)17-12-10-7(3)8(4)20-13(10)16-9(5)15-12/h6,11H,1-5H3,(H,18,19)(H,15,16,17)/p-1/t11-/m0/s1. The van der Waals surface area contributed by atoms with Crippen LogP contribution in [0.15, 0.2) is 0 Å². The Morgan fingerprint density at radius 2 is 1.90 bits per heavy atom. The third-order valence-electron chi connectivity index (χ3n) is 3.35. The SMILES string of the molecule is Cc1nc(N[C@H](C(=O)[O-])C(C)C)c2c(C)c(C)sc2n1. The zero-order valence-electron chi connectivity index (χ0n) is 12.3. The predicted molar refractivity (Wildman–Crippen MR) is 78.9 cm³/mol. The van der Waals surface area contributed by atoms with E-state index >= 15 is 0 Å². The van der Waals surface area contributed by atoms with Crippen molar-refractivity contribution in [3.05, 3.63) is 16.3 Å². The van der Waals surface area contributed by atoms with E-state index in [2.05, 4.69) is 15.3 Å². The van der Waals surface area contributed by atoms with E-state index in [1.807, 2.05) is 27.7 Å². The van der Waals surface area contributed by atoms with Crippen LogP contribution < -0.4 is 10.4 Å². The molecule has 0 saturated heterocycles. The second-order valence-electron chi connectivity index (χ2n) is 5.27. The maximum atomic E-state index is 11.2. The molecule has 2 heterocycles. The molecule has 0 aromatic carbocycles. The van der Waals surface area contributed by atoms with Gasteiger partial charge in [-0.05, 0) is 32.3 Å². The number of hydrogen-bond donors (Lipinski definition) is 1. The Bertz CT molecular complexity index is 664. The number of hydrogen-bond acceptors (Lipinski definition) is 6. The fourth-order valence-electron chi connectivity index (χ4n) is 2.11. The number of nitrogens with one attached hydrogen (secondary N) is 1. The molecule has 0 saturated carbocycles. The summed E-state index contributed by atoms with van der Waals surface area (Å²) in [5.41, 5.74) is 1.09. The van der Waals surface area contributed by atoms with E-state index < -0.39 is 12.0 Å². The summed E-state index contributed by atoms with van der Waals surface area (Å²) < 4.78 is 0. The van der Waals surface area contributed by atoms with Gasteiger partial charge in [0.25, 0.3) is 0 Å². The van der Waals surface area contributed by atoms with Crippen LogP contribution in [-0.2, 0) is 4.79 Å². The predicted octanol–water partition coefficient (Wildman–Crippen LogP) is 1.80. The zero-order chi connectivity index (χ0) is 15.0. The Kier molecular flexibility index (Phi) is 3.94. The Balaban J connectivity index is 2.55. The molecular weight excluding hydrogens is 274 g/mol. The molecule has 0 aliphatic heterocycles. The van der Waals surface area contributed by atoms with Gasteiger partial charge in [0.15, 0.2) is 0 Å². The topological polar surface area (TPSA) is 77.9 Å². The first-order valence-corrected chi connectivity index (χ1v) is 7.34. The van der Waals surface area contributed by atoms with Gasteiger partial charge in [-0.15, -0.1) is 11.3 Å². The van der Waals surface area contributed by atoms with Gasteiger partial charge in [0.05, 0.1) is 17.4 Å². The van der Waals surface area contributed by atoms with Crippen LogP contribution in [0.5, 0.6) is 0 Å². The maximum Gasteiger partial charge on any atom is 0.139 e. The average molecular weight is 292 g/mol. The molecule has 5 nitrogen and oxygen atoms in total. The van der Waals surface area contributed by atoms with Crippen molar-refractivity contribution < 1.29 is 9.90 Å². The Hall–Kier alpha value is -1.69. The van der Waals surface area contributed by atoms with Gasteiger partial charge in [-0.1, -0.05) is 13.8 Å². The van der Waals surface area contributed by atoms with E-state index in [0.29, 0.717) is 11.6 Å². The molecule has 0 fully saturated rings. The molecule has 108 valence electrons. The Morgan fingerprint density at radius 3 is 2.45 bits per heavy atom. The van der Waals surface area contributed by atoms with Crippen LogP contribution in [0.3, 0.4) is 0 Å². The number of anilines is 1. The third-order valence-corrected chi connectivity index (χ3v) is 4.45. The fourth-order valence-corrected chi connectivity index (χ4v) is 3.18. The minimum atomic E-state index is -1.12. The Morgan fingerprint density at radius 1 is 1.25 bits per heavy atom. The molecule has 2 aromatic heterocycles. The molecule has 2 aromatic rings. The molecule has 0 bridgehead atoms. The first kappa shape index (κ1) is 14.7. The molecule has 1 N–H and O–H groups in total. The molecule has 6 heteroatoms. The summed E-state index contributed by atoms with van der Waals surface area (Å²) in [4.78, 5) is 22.1. The second-order valence-corrected chi connectivity index (χ2v) is 6.47. The minimum Gasteiger partial charge on any atom is -0.548 e. The summed E-state index contributed by atoms with van der Waals surface area (Å²) in [6, 6.07) is -0.771. The molecule has 0 aliphatic carbocycles. The number of carbonyl (C=O) groups is 1. The van der Waals surface area contributed by atoms with E-state index in [1.165, 1.54) is 0 Å². The van der Waals surface area contributed by atoms with Crippen LogP contribution in [0.2, 0.25) is 0 Å². The van der Waals surface area contributed by atoms with Crippen molar-refractivity contribution in [2.24, 2.45) is 5.92 Å². The number of carbonyl (C=O) groups excluding carboxylic acids is 1. The highest BCUT2D eigenvalue weighted by molar-refractivity contribution is 7.18. The van der Waals surface area contributed by atoms with Crippen LogP contribution in [-0.4, -0.2) is 22.0 Å². The Labute approximate surface area is 122 Å². The van der Waals surface area contributed by atoms with Crippen molar-refractivity contribution in [3.8, 4) is 0 Å². The van der Waals surface area contributed by atoms with Crippen molar-refractivity contribution in [2.75, 3.05) is 5.32 Å². The van der Waals surface area contributed by atoms with E-state index in [4.69, 9.17) is 0 Å². The van der Waals surface area contributed by atoms with Crippen molar-refractivity contribution in [1.29, 1.82) is 0 Å². The molecule has 0 radical (unpaired) electrons. The second kappa shape index (κ2) is 5.36. The summed E-state index contributed by atoms with van der Waals surface area (Å²) in [6.45, 7) is 9.51.